The minimum atomic E-state index is -0.861. The largest absolute Gasteiger partial charge is 0.331 e. The molecule has 4 amide bonds. The first kappa shape index (κ1) is 11.3. The number of carbonyl (C=O) groups excluding carboxylic acids is 3. The molecule has 1 aliphatic rings. The summed E-state index contributed by atoms with van der Waals surface area (Å²) in [5.74, 6) is -1.66. The summed E-state index contributed by atoms with van der Waals surface area (Å²) in [6, 6.07) is 6.93. The smallest absolute Gasteiger partial charge is 0.269 e. The van der Waals surface area contributed by atoms with Gasteiger partial charge in [0.25, 0.3) is 0 Å². The Hall–Kier alpha value is -2.17. The van der Waals surface area contributed by atoms with E-state index in [1.54, 1.807) is 0 Å². The minimum Gasteiger partial charge on any atom is -0.269 e. The number of benzene rings is 1. The molecular formula is C12H12N2O3. The zero-order valence-electron chi connectivity index (χ0n) is 9.40. The van der Waals surface area contributed by atoms with Gasteiger partial charge in [-0.25, -0.2) is 4.79 Å². The summed E-state index contributed by atoms with van der Waals surface area (Å²) in [5, 5.41) is 1.96. The third kappa shape index (κ3) is 2.18. The van der Waals surface area contributed by atoms with Crippen molar-refractivity contribution in [1.82, 2.24) is 10.2 Å². The Kier molecular flexibility index (Phi) is 2.91. The summed E-state index contributed by atoms with van der Waals surface area (Å²) in [5.41, 5.74) is 2.00. The van der Waals surface area contributed by atoms with E-state index >= 15 is 0 Å². The number of aryl methyl sites for hydroxylation is 1. The second-order valence-electron chi connectivity index (χ2n) is 3.82. The second-order valence-corrected chi connectivity index (χ2v) is 3.82. The first-order valence-electron chi connectivity index (χ1n) is 5.36. The molecule has 0 saturated carbocycles. The zero-order valence-corrected chi connectivity index (χ0v) is 9.40. The van der Waals surface area contributed by atoms with E-state index in [1.165, 1.54) is 5.56 Å². The van der Waals surface area contributed by atoms with Crippen LogP contribution in [-0.4, -0.2) is 22.7 Å². The van der Waals surface area contributed by atoms with Crippen LogP contribution in [0.1, 0.15) is 18.1 Å². The molecule has 0 aliphatic carbocycles. The van der Waals surface area contributed by atoms with E-state index in [2.05, 4.69) is 0 Å². The molecule has 2 rings (SSSR count). The zero-order chi connectivity index (χ0) is 12.4. The topological polar surface area (TPSA) is 66.5 Å². The number of carbonyl (C=O) groups is 3. The molecular weight excluding hydrogens is 220 g/mol. The van der Waals surface area contributed by atoms with Crippen LogP contribution in [-0.2, 0) is 22.6 Å². The van der Waals surface area contributed by atoms with Crippen molar-refractivity contribution in [3.63, 3.8) is 0 Å². The maximum Gasteiger partial charge on any atom is 0.331 e. The van der Waals surface area contributed by atoms with E-state index in [4.69, 9.17) is 0 Å². The second kappa shape index (κ2) is 4.37. The molecule has 1 aromatic carbocycles. The number of nitrogens with one attached hydrogen (secondary N) is 1. The number of imide groups is 2. The molecule has 1 heterocycles. The quantitative estimate of drug-likeness (QED) is 0.620. The third-order valence-electron chi connectivity index (χ3n) is 2.68. The van der Waals surface area contributed by atoms with Gasteiger partial charge in [0, 0.05) is 0 Å². The molecule has 1 aliphatic heterocycles. The van der Waals surface area contributed by atoms with E-state index in [0.717, 1.165) is 16.9 Å². The molecule has 1 aromatic rings. The van der Waals surface area contributed by atoms with E-state index in [0.29, 0.717) is 0 Å². The van der Waals surface area contributed by atoms with Gasteiger partial charge >= 0.3 is 17.8 Å². The number of nitrogens with zero attached hydrogens (tertiary/aromatic N) is 1. The van der Waals surface area contributed by atoms with E-state index in [9.17, 15) is 14.4 Å². The van der Waals surface area contributed by atoms with Crippen molar-refractivity contribution in [1.29, 1.82) is 0 Å². The summed E-state index contributed by atoms with van der Waals surface area (Å²) in [6.07, 6.45) is 0.932. The number of hydrogen-bond acceptors (Lipinski definition) is 3. The van der Waals surface area contributed by atoms with E-state index in [1.807, 2.05) is 36.5 Å². The summed E-state index contributed by atoms with van der Waals surface area (Å²) < 4.78 is 0. The van der Waals surface area contributed by atoms with Gasteiger partial charge < -0.3 is 0 Å². The maximum atomic E-state index is 11.3. The Morgan fingerprint density at radius 3 is 2.12 bits per heavy atom. The first-order valence-corrected chi connectivity index (χ1v) is 5.36. The molecule has 1 saturated heterocycles. The van der Waals surface area contributed by atoms with Gasteiger partial charge in [0.05, 0.1) is 6.54 Å². The Balaban J connectivity index is 2.12. The predicted molar refractivity (Wildman–Crippen MR) is 59.9 cm³/mol. The van der Waals surface area contributed by atoms with Gasteiger partial charge in [-0.2, -0.15) is 0 Å². The normalized spacial score (nSPS) is 15.4. The lowest BCUT2D eigenvalue weighted by Gasteiger charge is -2.11. The van der Waals surface area contributed by atoms with Gasteiger partial charge in [0.2, 0.25) is 0 Å². The van der Waals surface area contributed by atoms with E-state index < -0.39 is 17.8 Å². The van der Waals surface area contributed by atoms with E-state index in [-0.39, 0.29) is 6.54 Å². The highest BCUT2D eigenvalue weighted by Crippen LogP contribution is 2.10. The predicted octanol–water partition coefficient (Wildman–Crippen LogP) is 0.827. The third-order valence-corrected chi connectivity index (χ3v) is 2.68. The molecule has 88 valence electrons. The number of rotatable bonds is 3. The fourth-order valence-corrected chi connectivity index (χ4v) is 1.64. The molecule has 0 aromatic heterocycles. The average molecular weight is 232 g/mol. The van der Waals surface area contributed by atoms with Crippen LogP contribution in [0.4, 0.5) is 4.79 Å². The van der Waals surface area contributed by atoms with Crippen molar-refractivity contribution in [3.05, 3.63) is 35.4 Å². The highest BCUT2D eigenvalue weighted by molar-refractivity contribution is 6.44. The Bertz CT molecular complexity index is 479. The van der Waals surface area contributed by atoms with Gasteiger partial charge in [-0.05, 0) is 17.5 Å². The lowest BCUT2D eigenvalue weighted by Crippen LogP contribution is -2.30. The van der Waals surface area contributed by atoms with Crippen LogP contribution >= 0.6 is 0 Å². The van der Waals surface area contributed by atoms with Gasteiger partial charge in [-0.3, -0.25) is 19.8 Å². The van der Waals surface area contributed by atoms with Crippen LogP contribution in [0.5, 0.6) is 0 Å². The molecule has 0 unspecified atom stereocenters. The standard InChI is InChI=1S/C12H12N2O3/c1-2-8-3-5-9(6-4-8)7-14-11(16)10(15)13-12(14)17/h3-6H,2,7H2,1H3,(H,13,15,17). The summed E-state index contributed by atoms with van der Waals surface area (Å²) in [6.45, 7) is 2.17. The number of urea groups is 1. The Labute approximate surface area is 98.4 Å². The molecule has 0 atom stereocenters. The van der Waals surface area contributed by atoms with Crippen LogP contribution in [0.25, 0.3) is 0 Å². The average Bonchev–Trinajstić information content (AvgIpc) is 2.57. The van der Waals surface area contributed by atoms with Crippen molar-refractivity contribution in [2.45, 2.75) is 19.9 Å². The highest BCUT2D eigenvalue weighted by Gasteiger charge is 2.36. The van der Waals surface area contributed by atoms with Gasteiger partial charge in [0.1, 0.15) is 0 Å². The summed E-state index contributed by atoms with van der Waals surface area (Å²) in [4.78, 5) is 34.5. The molecule has 0 radical (unpaired) electrons. The van der Waals surface area contributed by atoms with Gasteiger partial charge in [-0.15, -0.1) is 0 Å². The maximum absolute atomic E-state index is 11.3. The lowest BCUT2D eigenvalue weighted by atomic mass is 10.1. The molecule has 5 heteroatoms. The van der Waals surface area contributed by atoms with Crippen LogP contribution < -0.4 is 5.32 Å². The Morgan fingerprint density at radius 1 is 1.06 bits per heavy atom. The summed E-state index contributed by atoms with van der Waals surface area (Å²) in [7, 11) is 0. The molecule has 0 bridgehead atoms. The van der Waals surface area contributed by atoms with Crippen LogP contribution in [0.3, 0.4) is 0 Å². The van der Waals surface area contributed by atoms with Crippen molar-refractivity contribution in [2.24, 2.45) is 0 Å². The van der Waals surface area contributed by atoms with Gasteiger partial charge in [-0.1, -0.05) is 31.2 Å². The van der Waals surface area contributed by atoms with Gasteiger partial charge in [0.15, 0.2) is 0 Å². The molecule has 1 N–H and O–H groups in total. The molecule has 17 heavy (non-hydrogen) atoms. The SMILES string of the molecule is CCc1ccc(CN2C(=O)NC(=O)C2=O)cc1. The van der Waals surface area contributed by atoms with Crippen molar-refractivity contribution >= 4 is 17.8 Å². The number of hydrogen-bond donors (Lipinski definition) is 1. The fourth-order valence-electron chi connectivity index (χ4n) is 1.64. The van der Waals surface area contributed by atoms with Crippen LogP contribution in [0.2, 0.25) is 0 Å². The van der Waals surface area contributed by atoms with Crippen molar-refractivity contribution in [3.8, 4) is 0 Å². The van der Waals surface area contributed by atoms with Crippen molar-refractivity contribution in [2.75, 3.05) is 0 Å². The minimum absolute atomic E-state index is 0.125. The highest BCUT2D eigenvalue weighted by atomic mass is 16.2. The summed E-state index contributed by atoms with van der Waals surface area (Å²) >= 11 is 0. The first-order chi connectivity index (χ1) is 8.11. The van der Waals surface area contributed by atoms with Crippen molar-refractivity contribution < 1.29 is 14.4 Å². The lowest BCUT2D eigenvalue weighted by molar-refractivity contribution is -0.140. The van der Waals surface area contributed by atoms with Crippen LogP contribution in [0, 0.1) is 0 Å². The Morgan fingerprint density at radius 2 is 1.65 bits per heavy atom. The number of amides is 4. The van der Waals surface area contributed by atoms with Crippen LogP contribution in [0.15, 0.2) is 24.3 Å². The monoisotopic (exact) mass is 232 g/mol. The fraction of sp³-hybridized carbons (Fsp3) is 0.250. The molecule has 0 spiro atoms. The molecule has 5 nitrogen and oxygen atoms in total. The molecule has 1 fully saturated rings.